The largest absolute Gasteiger partial charge is 0.353 e. The monoisotopic (exact) mass is 390 g/mol. The van der Waals surface area contributed by atoms with E-state index >= 15 is 0 Å². The second kappa shape index (κ2) is 6.56. The third kappa shape index (κ3) is 2.62. The first-order valence-electron chi connectivity index (χ1n) is 9.37. The molecule has 0 radical (unpaired) electrons. The molecule has 0 aromatic carbocycles. The second-order valence-corrected chi connectivity index (χ2v) is 6.80. The fourth-order valence-corrected chi connectivity index (χ4v) is 3.58. The number of aromatic nitrogens is 8. The van der Waals surface area contributed by atoms with Crippen LogP contribution in [0.1, 0.15) is 0 Å². The van der Waals surface area contributed by atoms with Crippen molar-refractivity contribution >= 4 is 21.9 Å². The van der Waals surface area contributed by atoms with Gasteiger partial charge >= 0.3 is 0 Å². The lowest BCUT2D eigenvalue weighted by atomic mass is 10.1. The zero-order valence-corrected chi connectivity index (χ0v) is 15.6. The molecular formula is C22H14N8. The third-order valence-corrected chi connectivity index (χ3v) is 4.99. The number of aromatic amines is 2. The van der Waals surface area contributed by atoms with Crippen molar-refractivity contribution in [2.75, 3.05) is 0 Å². The van der Waals surface area contributed by atoms with Crippen molar-refractivity contribution in [2.24, 2.45) is 0 Å². The maximum absolute atomic E-state index is 4.79. The van der Waals surface area contributed by atoms with Crippen LogP contribution in [0.3, 0.4) is 0 Å². The van der Waals surface area contributed by atoms with Gasteiger partial charge in [-0.1, -0.05) is 0 Å². The minimum absolute atomic E-state index is 0.715. The predicted octanol–water partition coefficient (Wildman–Crippen LogP) is 4.02. The number of hydrogen-bond acceptors (Lipinski definition) is 6. The second-order valence-electron chi connectivity index (χ2n) is 6.80. The van der Waals surface area contributed by atoms with Crippen LogP contribution in [0, 0.1) is 0 Å². The molecule has 0 spiro atoms. The first kappa shape index (κ1) is 16.5. The molecule has 2 N–H and O–H groups in total. The molecule has 0 fully saturated rings. The zero-order chi connectivity index (χ0) is 19.9. The normalized spacial score (nSPS) is 11.3. The van der Waals surface area contributed by atoms with Gasteiger partial charge in [-0.3, -0.25) is 25.0 Å². The van der Waals surface area contributed by atoms with Crippen molar-refractivity contribution in [1.29, 1.82) is 0 Å². The van der Waals surface area contributed by atoms with Crippen LogP contribution < -0.4 is 0 Å². The van der Waals surface area contributed by atoms with Gasteiger partial charge in [0.2, 0.25) is 0 Å². The summed E-state index contributed by atoms with van der Waals surface area (Å²) < 4.78 is 0. The standard InChI is InChI=1S/C22H14N8/c1-2-17-21(28-16(1)19-12-24-9-10-25-19)22(30-29-17)18-11-14-15(27-18)5-8-26-20(14)13-3-6-23-7-4-13/h1-12,27H,(H,29,30). The Morgan fingerprint density at radius 2 is 1.63 bits per heavy atom. The molecule has 30 heavy (non-hydrogen) atoms. The summed E-state index contributed by atoms with van der Waals surface area (Å²) >= 11 is 0. The summed E-state index contributed by atoms with van der Waals surface area (Å²) in [5.74, 6) is 0. The average molecular weight is 390 g/mol. The van der Waals surface area contributed by atoms with Crippen LogP contribution in [0.4, 0.5) is 0 Å². The van der Waals surface area contributed by atoms with Gasteiger partial charge in [0, 0.05) is 47.5 Å². The Morgan fingerprint density at radius 3 is 2.50 bits per heavy atom. The highest BCUT2D eigenvalue weighted by Gasteiger charge is 2.16. The van der Waals surface area contributed by atoms with E-state index in [-0.39, 0.29) is 0 Å². The van der Waals surface area contributed by atoms with Crippen molar-refractivity contribution in [3.8, 4) is 34.0 Å². The topological polar surface area (TPSA) is 109 Å². The molecule has 0 saturated carbocycles. The van der Waals surface area contributed by atoms with Crippen LogP contribution in [0.25, 0.3) is 56.0 Å². The smallest absolute Gasteiger partial charge is 0.135 e. The first-order valence-corrected chi connectivity index (χ1v) is 9.37. The summed E-state index contributed by atoms with van der Waals surface area (Å²) in [6, 6.07) is 11.8. The van der Waals surface area contributed by atoms with E-state index in [0.717, 1.165) is 50.3 Å². The van der Waals surface area contributed by atoms with Crippen LogP contribution in [-0.2, 0) is 0 Å². The molecule has 0 amide bonds. The van der Waals surface area contributed by atoms with E-state index in [4.69, 9.17) is 4.98 Å². The van der Waals surface area contributed by atoms with Crippen molar-refractivity contribution in [3.63, 3.8) is 0 Å². The Kier molecular flexibility index (Phi) is 3.60. The molecule has 0 aliphatic heterocycles. The molecular weight excluding hydrogens is 376 g/mol. The van der Waals surface area contributed by atoms with Crippen molar-refractivity contribution < 1.29 is 0 Å². The molecule has 8 nitrogen and oxygen atoms in total. The van der Waals surface area contributed by atoms with Gasteiger partial charge in [0.15, 0.2) is 0 Å². The maximum atomic E-state index is 4.79. The molecule has 6 heterocycles. The summed E-state index contributed by atoms with van der Waals surface area (Å²) in [5.41, 5.74) is 7.57. The van der Waals surface area contributed by atoms with Gasteiger partial charge in [-0.25, -0.2) is 4.98 Å². The Balaban J connectivity index is 1.52. The third-order valence-electron chi connectivity index (χ3n) is 4.99. The minimum Gasteiger partial charge on any atom is -0.353 e. The van der Waals surface area contributed by atoms with Gasteiger partial charge in [0.1, 0.15) is 16.9 Å². The van der Waals surface area contributed by atoms with E-state index in [0.29, 0.717) is 5.69 Å². The molecule has 142 valence electrons. The molecule has 6 rings (SSSR count). The van der Waals surface area contributed by atoms with Crippen LogP contribution >= 0.6 is 0 Å². The number of hydrogen-bond donors (Lipinski definition) is 2. The van der Waals surface area contributed by atoms with Crippen molar-refractivity contribution in [3.05, 3.63) is 73.6 Å². The SMILES string of the molecule is c1cc(-c2nccc3[nH]c(-c4n[nH]c5ccc(-c6cnccn6)nc45)cc23)ccn1. The number of fused-ring (bicyclic) bond motifs is 2. The molecule has 6 aromatic heterocycles. The molecule has 6 aromatic rings. The zero-order valence-electron chi connectivity index (χ0n) is 15.6. The Bertz CT molecular complexity index is 1490. The van der Waals surface area contributed by atoms with Gasteiger partial charge < -0.3 is 4.98 Å². The van der Waals surface area contributed by atoms with Crippen LogP contribution in [0.2, 0.25) is 0 Å². The Hall–Kier alpha value is -4.46. The lowest BCUT2D eigenvalue weighted by Gasteiger charge is -2.01. The highest BCUT2D eigenvalue weighted by molar-refractivity contribution is 5.99. The molecule has 0 bridgehead atoms. The van der Waals surface area contributed by atoms with Gasteiger partial charge in [-0.05, 0) is 36.4 Å². The highest BCUT2D eigenvalue weighted by Crippen LogP contribution is 2.32. The van der Waals surface area contributed by atoms with E-state index in [1.54, 1.807) is 37.2 Å². The van der Waals surface area contributed by atoms with Crippen LogP contribution in [0.5, 0.6) is 0 Å². The van der Waals surface area contributed by atoms with Crippen LogP contribution in [0.15, 0.2) is 73.6 Å². The van der Waals surface area contributed by atoms with Gasteiger partial charge in [0.25, 0.3) is 0 Å². The molecule has 0 atom stereocenters. The van der Waals surface area contributed by atoms with Crippen molar-refractivity contribution in [2.45, 2.75) is 0 Å². The first-order chi connectivity index (χ1) is 14.9. The van der Waals surface area contributed by atoms with E-state index in [1.807, 2.05) is 30.3 Å². The van der Waals surface area contributed by atoms with E-state index in [1.165, 1.54) is 0 Å². The van der Waals surface area contributed by atoms with E-state index in [2.05, 4.69) is 41.2 Å². The maximum Gasteiger partial charge on any atom is 0.135 e. The number of nitrogens with zero attached hydrogens (tertiary/aromatic N) is 6. The molecule has 0 aliphatic rings. The van der Waals surface area contributed by atoms with Gasteiger partial charge in [-0.2, -0.15) is 5.10 Å². The van der Waals surface area contributed by atoms with Gasteiger partial charge in [0.05, 0.1) is 28.8 Å². The Morgan fingerprint density at radius 1 is 0.700 bits per heavy atom. The Labute approximate surface area is 170 Å². The lowest BCUT2D eigenvalue weighted by Crippen LogP contribution is -1.89. The molecule has 0 unspecified atom stereocenters. The average Bonchev–Trinajstić information content (AvgIpc) is 3.43. The predicted molar refractivity (Wildman–Crippen MR) is 113 cm³/mol. The van der Waals surface area contributed by atoms with E-state index < -0.39 is 0 Å². The van der Waals surface area contributed by atoms with Crippen molar-refractivity contribution in [1.82, 2.24) is 40.1 Å². The number of H-pyrrole nitrogens is 2. The number of pyridine rings is 3. The molecule has 8 heteroatoms. The summed E-state index contributed by atoms with van der Waals surface area (Å²) in [5, 5.41) is 8.59. The lowest BCUT2D eigenvalue weighted by molar-refractivity contribution is 1.12. The summed E-state index contributed by atoms with van der Waals surface area (Å²) in [6.07, 6.45) is 10.3. The number of rotatable bonds is 3. The highest BCUT2D eigenvalue weighted by atomic mass is 15.1. The summed E-state index contributed by atoms with van der Waals surface area (Å²) in [4.78, 5) is 25.4. The number of nitrogens with one attached hydrogen (secondary N) is 2. The van der Waals surface area contributed by atoms with E-state index in [9.17, 15) is 0 Å². The fraction of sp³-hybridized carbons (Fsp3) is 0. The summed E-state index contributed by atoms with van der Waals surface area (Å²) in [6.45, 7) is 0. The minimum atomic E-state index is 0.715. The van der Waals surface area contributed by atoms with Crippen LogP contribution in [-0.4, -0.2) is 40.1 Å². The molecule has 0 saturated heterocycles. The fourth-order valence-electron chi connectivity index (χ4n) is 3.58. The quantitative estimate of drug-likeness (QED) is 0.472. The summed E-state index contributed by atoms with van der Waals surface area (Å²) in [7, 11) is 0. The molecule has 0 aliphatic carbocycles. The van der Waals surface area contributed by atoms with Gasteiger partial charge in [-0.15, -0.1) is 0 Å².